The van der Waals surface area contributed by atoms with Gasteiger partial charge in [-0.2, -0.15) is 0 Å². The van der Waals surface area contributed by atoms with E-state index < -0.39 is 0 Å². The van der Waals surface area contributed by atoms with E-state index in [1.807, 2.05) is 23.1 Å². The molecule has 2 aliphatic rings. The van der Waals surface area contributed by atoms with Crippen LogP contribution in [0.15, 0.2) is 47.4 Å². The first-order chi connectivity index (χ1) is 14.2. The van der Waals surface area contributed by atoms with Crippen molar-refractivity contribution in [3.05, 3.63) is 54.2 Å². The van der Waals surface area contributed by atoms with Gasteiger partial charge in [0.2, 0.25) is 5.91 Å². The maximum Gasteiger partial charge on any atom is 0.257 e. The Labute approximate surface area is 171 Å². The Morgan fingerprint density at radius 3 is 2.72 bits per heavy atom. The van der Waals surface area contributed by atoms with E-state index in [-0.39, 0.29) is 17.7 Å². The lowest BCUT2D eigenvalue weighted by molar-refractivity contribution is -0.127. The van der Waals surface area contributed by atoms with Crippen molar-refractivity contribution in [2.45, 2.75) is 38.3 Å². The molecule has 29 heavy (non-hydrogen) atoms. The van der Waals surface area contributed by atoms with Crippen molar-refractivity contribution < 1.29 is 14.0 Å². The molecule has 7 heteroatoms. The molecule has 2 fully saturated rings. The Morgan fingerprint density at radius 2 is 2.00 bits per heavy atom. The molecule has 154 valence electrons. The molecule has 0 radical (unpaired) electrons. The van der Waals surface area contributed by atoms with Crippen molar-refractivity contribution >= 4 is 11.8 Å². The molecule has 0 aliphatic carbocycles. The highest BCUT2D eigenvalue weighted by Crippen LogP contribution is 2.25. The van der Waals surface area contributed by atoms with Gasteiger partial charge in [-0.15, -0.1) is 0 Å². The number of amides is 2. The minimum atomic E-state index is 0.0260. The number of carbonyl (C=O) groups is 2. The second-order valence-corrected chi connectivity index (χ2v) is 7.91. The molecule has 0 spiro atoms. The lowest BCUT2D eigenvalue weighted by Gasteiger charge is -2.42. The SMILES string of the molecule is O=C(NCc1ccccn1)[C@@H]1CCCN(C2CCN(C(=O)c3ccoc3)CC2)C1. The summed E-state index contributed by atoms with van der Waals surface area (Å²) in [5.74, 6) is 0.189. The zero-order valence-corrected chi connectivity index (χ0v) is 16.6. The van der Waals surface area contributed by atoms with E-state index in [9.17, 15) is 9.59 Å². The third kappa shape index (κ3) is 4.85. The fraction of sp³-hybridized carbons (Fsp3) is 0.500. The van der Waals surface area contributed by atoms with Crippen LogP contribution >= 0.6 is 0 Å². The smallest absolute Gasteiger partial charge is 0.257 e. The van der Waals surface area contributed by atoms with Crippen LogP contribution in [0.3, 0.4) is 0 Å². The van der Waals surface area contributed by atoms with Crippen LogP contribution in [-0.2, 0) is 11.3 Å². The fourth-order valence-electron chi connectivity index (χ4n) is 4.38. The Bertz CT molecular complexity index is 801. The van der Waals surface area contributed by atoms with Crippen molar-refractivity contribution in [3.63, 3.8) is 0 Å². The molecule has 0 saturated carbocycles. The van der Waals surface area contributed by atoms with E-state index in [1.165, 1.54) is 12.5 Å². The minimum Gasteiger partial charge on any atom is -0.472 e. The Hall–Kier alpha value is -2.67. The molecule has 0 unspecified atom stereocenters. The lowest BCUT2D eigenvalue weighted by atomic mass is 9.93. The quantitative estimate of drug-likeness (QED) is 0.839. The summed E-state index contributed by atoms with van der Waals surface area (Å²) in [5.41, 5.74) is 1.49. The van der Waals surface area contributed by atoms with Crippen molar-refractivity contribution in [2.75, 3.05) is 26.2 Å². The first-order valence-electron chi connectivity index (χ1n) is 10.4. The van der Waals surface area contributed by atoms with Gasteiger partial charge < -0.3 is 14.6 Å². The number of nitrogens with one attached hydrogen (secondary N) is 1. The van der Waals surface area contributed by atoms with E-state index in [0.717, 1.165) is 57.6 Å². The average Bonchev–Trinajstić information content (AvgIpc) is 3.33. The molecule has 2 aliphatic heterocycles. The van der Waals surface area contributed by atoms with Crippen LogP contribution in [0.4, 0.5) is 0 Å². The van der Waals surface area contributed by atoms with E-state index in [4.69, 9.17) is 4.42 Å². The number of pyridine rings is 1. The largest absolute Gasteiger partial charge is 0.472 e. The first kappa shape index (κ1) is 19.6. The number of piperidine rings is 2. The Balaban J connectivity index is 1.25. The number of furan rings is 1. The van der Waals surface area contributed by atoms with Crippen LogP contribution in [0.5, 0.6) is 0 Å². The van der Waals surface area contributed by atoms with Gasteiger partial charge in [0.1, 0.15) is 6.26 Å². The van der Waals surface area contributed by atoms with Gasteiger partial charge in [-0.05, 0) is 50.4 Å². The molecule has 4 rings (SSSR count). The highest BCUT2D eigenvalue weighted by molar-refractivity contribution is 5.93. The van der Waals surface area contributed by atoms with Crippen molar-refractivity contribution in [2.24, 2.45) is 5.92 Å². The highest BCUT2D eigenvalue weighted by Gasteiger charge is 2.32. The molecule has 0 bridgehead atoms. The zero-order valence-electron chi connectivity index (χ0n) is 16.6. The summed E-state index contributed by atoms with van der Waals surface area (Å²) in [5, 5.41) is 3.04. The van der Waals surface area contributed by atoms with E-state index in [0.29, 0.717) is 18.2 Å². The van der Waals surface area contributed by atoms with Crippen LogP contribution in [0.25, 0.3) is 0 Å². The van der Waals surface area contributed by atoms with E-state index in [1.54, 1.807) is 12.3 Å². The Morgan fingerprint density at radius 1 is 1.14 bits per heavy atom. The molecule has 2 aromatic heterocycles. The second-order valence-electron chi connectivity index (χ2n) is 7.91. The third-order valence-corrected chi connectivity index (χ3v) is 6.03. The van der Waals surface area contributed by atoms with Crippen LogP contribution < -0.4 is 5.32 Å². The van der Waals surface area contributed by atoms with Crippen molar-refractivity contribution in [1.82, 2.24) is 20.1 Å². The van der Waals surface area contributed by atoms with E-state index >= 15 is 0 Å². The molecule has 1 N–H and O–H groups in total. The monoisotopic (exact) mass is 396 g/mol. The fourth-order valence-corrected chi connectivity index (χ4v) is 4.38. The maximum atomic E-state index is 12.6. The number of rotatable bonds is 5. The topological polar surface area (TPSA) is 78.7 Å². The number of likely N-dealkylation sites (tertiary alicyclic amines) is 2. The van der Waals surface area contributed by atoms with Crippen molar-refractivity contribution in [1.29, 1.82) is 0 Å². The highest BCUT2D eigenvalue weighted by atomic mass is 16.3. The van der Waals surface area contributed by atoms with Gasteiger partial charge in [-0.25, -0.2) is 0 Å². The standard InChI is InChI=1S/C22H28N4O3/c27-21(24-14-19-5-1-2-9-23-19)17-4-3-10-26(15-17)20-6-11-25(12-7-20)22(28)18-8-13-29-16-18/h1-2,5,8-9,13,16-17,20H,3-4,6-7,10-12,14-15H2,(H,24,27)/t17-/m1/s1. The summed E-state index contributed by atoms with van der Waals surface area (Å²) in [6.45, 7) is 3.81. The van der Waals surface area contributed by atoms with Crippen LogP contribution in [0, 0.1) is 5.92 Å². The maximum absolute atomic E-state index is 12.6. The predicted octanol–water partition coefficient (Wildman–Crippen LogP) is 2.31. The van der Waals surface area contributed by atoms with Gasteiger partial charge in [0.05, 0.1) is 30.0 Å². The minimum absolute atomic E-state index is 0.0260. The summed E-state index contributed by atoms with van der Waals surface area (Å²) in [6, 6.07) is 7.88. The molecule has 7 nitrogen and oxygen atoms in total. The van der Waals surface area contributed by atoms with Gasteiger partial charge in [0, 0.05) is 31.9 Å². The summed E-state index contributed by atoms with van der Waals surface area (Å²) in [7, 11) is 0. The molecule has 4 heterocycles. The molecular formula is C22H28N4O3. The van der Waals surface area contributed by atoms with Crippen LogP contribution in [0.1, 0.15) is 41.7 Å². The number of carbonyl (C=O) groups excluding carboxylic acids is 2. The normalized spacial score (nSPS) is 21.1. The summed E-state index contributed by atoms with van der Waals surface area (Å²) < 4.78 is 5.03. The van der Waals surface area contributed by atoms with Gasteiger partial charge in [0.25, 0.3) is 5.91 Å². The second kappa shape index (κ2) is 9.22. The third-order valence-electron chi connectivity index (χ3n) is 6.03. The molecule has 2 saturated heterocycles. The van der Waals surface area contributed by atoms with Crippen LogP contribution in [-0.4, -0.2) is 58.8 Å². The van der Waals surface area contributed by atoms with Gasteiger partial charge >= 0.3 is 0 Å². The Kier molecular flexibility index (Phi) is 6.24. The van der Waals surface area contributed by atoms with Crippen LogP contribution in [0.2, 0.25) is 0 Å². The average molecular weight is 396 g/mol. The summed E-state index contributed by atoms with van der Waals surface area (Å²) in [6.07, 6.45) is 8.66. The molecule has 0 aromatic carbocycles. The molecule has 2 amide bonds. The summed E-state index contributed by atoms with van der Waals surface area (Å²) >= 11 is 0. The number of hydrogen-bond acceptors (Lipinski definition) is 5. The van der Waals surface area contributed by atoms with Gasteiger partial charge in [-0.3, -0.25) is 19.5 Å². The number of nitrogens with zero attached hydrogens (tertiary/aromatic N) is 3. The zero-order chi connectivity index (χ0) is 20.1. The van der Waals surface area contributed by atoms with Gasteiger partial charge in [-0.1, -0.05) is 6.07 Å². The lowest BCUT2D eigenvalue weighted by Crippen LogP contribution is -2.51. The molecule has 2 aromatic rings. The number of hydrogen-bond donors (Lipinski definition) is 1. The van der Waals surface area contributed by atoms with E-state index in [2.05, 4.69) is 15.2 Å². The van der Waals surface area contributed by atoms with Crippen molar-refractivity contribution in [3.8, 4) is 0 Å². The molecular weight excluding hydrogens is 368 g/mol. The summed E-state index contributed by atoms with van der Waals surface area (Å²) in [4.78, 5) is 33.7. The van der Waals surface area contributed by atoms with Gasteiger partial charge in [0.15, 0.2) is 0 Å². The predicted molar refractivity (Wildman–Crippen MR) is 108 cm³/mol. The number of aromatic nitrogens is 1. The first-order valence-corrected chi connectivity index (χ1v) is 10.4. The molecule has 1 atom stereocenters.